The molecule has 94 valence electrons. The Morgan fingerprint density at radius 2 is 2.12 bits per heavy atom. The maximum absolute atomic E-state index is 9.14. The molecule has 1 aliphatic rings. The van der Waals surface area contributed by atoms with Gasteiger partial charge in [-0.2, -0.15) is 0 Å². The number of anilines is 1. The summed E-state index contributed by atoms with van der Waals surface area (Å²) in [5.74, 6) is 1.49. The lowest BCUT2D eigenvalue weighted by Gasteiger charge is -2.33. The van der Waals surface area contributed by atoms with Gasteiger partial charge in [0.2, 0.25) is 0 Å². The molecule has 1 saturated heterocycles. The normalized spacial score (nSPS) is 17.5. The molecule has 0 bridgehead atoms. The SMILES string of the molecule is Cc1ccc(CN)c(N2CCC(CO)CC2)n1. The van der Waals surface area contributed by atoms with Crippen LogP contribution in [0.3, 0.4) is 0 Å². The molecule has 1 aromatic heterocycles. The first kappa shape index (κ1) is 12.3. The molecular formula is C13H21N3O. The Morgan fingerprint density at radius 1 is 1.41 bits per heavy atom. The molecule has 0 aromatic carbocycles. The Kier molecular flexibility index (Phi) is 3.97. The number of hydrogen-bond acceptors (Lipinski definition) is 4. The lowest BCUT2D eigenvalue weighted by Crippen LogP contribution is -2.36. The highest BCUT2D eigenvalue weighted by atomic mass is 16.3. The molecule has 0 aliphatic carbocycles. The molecule has 0 saturated carbocycles. The van der Waals surface area contributed by atoms with Crippen LogP contribution in [0.1, 0.15) is 24.1 Å². The molecule has 17 heavy (non-hydrogen) atoms. The molecule has 0 amide bonds. The van der Waals surface area contributed by atoms with Crippen molar-refractivity contribution < 1.29 is 5.11 Å². The van der Waals surface area contributed by atoms with E-state index in [1.165, 1.54) is 0 Å². The summed E-state index contributed by atoms with van der Waals surface area (Å²) in [5.41, 5.74) is 7.89. The van der Waals surface area contributed by atoms with Crippen LogP contribution in [0.15, 0.2) is 12.1 Å². The fraction of sp³-hybridized carbons (Fsp3) is 0.615. The van der Waals surface area contributed by atoms with Crippen molar-refractivity contribution >= 4 is 5.82 Å². The highest BCUT2D eigenvalue weighted by molar-refractivity contribution is 5.48. The first-order valence-corrected chi connectivity index (χ1v) is 6.27. The van der Waals surface area contributed by atoms with E-state index >= 15 is 0 Å². The molecular weight excluding hydrogens is 214 g/mol. The molecule has 1 aromatic rings. The number of aromatic nitrogens is 1. The number of nitrogens with zero attached hydrogens (tertiary/aromatic N) is 2. The summed E-state index contributed by atoms with van der Waals surface area (Å²) < 4.78 is 0. The summed E-state index contributed by atoms with van der Waals surface area (Å²) in [6.07, 6.45) is 2.08. The molecule has 2 heterocycles. The minimum Gasteiger partial charge on any atom is -0.396 e. The third kappa shape index (κ3) is 2.76. The minimum absolute atomic E-state index is 0.304. The zero-order valence-electron chi connectivity index (χ0n) is 10.4. The van der Waals surface area contributed by atoms with Crippen molar-refractivity contribution in [2.75, 3.05) is 24.6 Å². The molecule has 4 nitrogen and oxygen atoms in total. The largest absolute Gasteiger partial charge is 0.396 e. The minimum atomic E-state index is 0.304. The van der Waals surface area contributed by atoms with E-state index in [4.69, 9.17) is 10.8 Å². The van der Waals surface area contributed by atoms with E-state index in [1.54, 1.807) is 0 Å². The number of aliphatic hydroxyl groups is 1. The Bertz CT molecular complexity index is 373. The molecule has 2 rings (SSSR count). The van der Waals surface area contributed by atoms with E-state index in [1.807, 2.05) is 13.0 Å². The highest BCUT2D eigenvalue weighted by Gasteiger charge is 2.21. The van der Waals surface area contributed by atoms with Gasteiger partial charge in [0, 0.05) is 37.5 Å². The van der Waals surface area contributed by atoms with Crippen molar-refractivity contribution in [2.45, 2.75) is 26.3 Å². The lowest BCUT2D eigenvalue weighted by molar-refractivity contribution is 0.202. The Morgan fingerprint density at radius 3 is 2.71 bits per heavy atom. The molecule has 3 N–H and O–H groups in total. The van der Waals surface area contributed by atoms with Crippen molar-refractivity contribution in [1.82, 2.24) is 4.98 Å². The van der Waals surface area contributed by atoms with Gasteiger partial charge >= 0.3 is 0 Å². The molecule has 0 atom stereocenters. The molecule has 4 heteroatoms. The van der Waals surface area contributed by atoms with Crippen LogP contribution in [0, 0.1) is 12.8 Å². The van der Waals surface area contributed by atoms with Gasteiger partial charge in [-0.05, 0) is 31.7 Å². The van der Waals surface area contributed by atoms with Gasteiger partial charge in [-0.15, -0.1) is 0 Å². The molecule has 1 aliphatic heterocycles. The van der Waals surface area contributed by atoms with E-state index in [2.05, 4.69) is 16.0 Å². The maximum atomic E-state index is 9.14. The predicted octanol–water partition coefficient (Wildman–Crippen LogP) is 1.06. The quantitative estimate of drug-likeness (QED) is 0.822. The second-order valence-corrected chi connectivity index (χ2v) is 4.75. The van der Waals surface area contributed by atoms with Gasteiger partial charge in [0.25, 0.3) is 0 Å². The van der Waals surface area contributed by atoms with Gasteiger partial charge in [-0.3, -0.25) is 0 Å². The molecule has 1 fully saturated rings. The van der Waals surface area contributed by atoms with Gasteiger partial charge in [-0.25, -0.2) is 4.98 Å². The fourth-order valence-corrected chi connectivity index (χ4v) is 2.33. The van der Waals surface area contributed by atoms with Crippen molar-refractivity contribution in [3.8, 4) is 0 Å². The standard InChI is InChI=1S/C13H21N3O/c1-10-2-3-12(8-14)13(15-10)16-6-4-11(9-17)5-7-16/h2-3,11,17H,4-9,14H2,1H3. The molecule has 0 unspecified atom stereocenters. The third-order valence-electron chi connectivity index (χ3n) is 3.49. The van der Waals surface area contributed by atoms with Crippen molar-refractivity contribution in [1.29, 1.82) is 0 Å². The van der Waals surface area contributed by atoms with Gasteiger partial charge in [0.1, 0.15) is 5.82 Å². The van der Waals surface area contributed by atoms with Crippen LogP contribution in [0.2, 0.25) is 0 Å². The number of aryl methyl sites for hydroxylation is 1. The first-order chi connectivity index (χ1) is 8.24. The zero-order chi connectivity index (χ0) is 12.3. The van der Waals surface area contributed by atoms with Gasteiger partial charge in [0.05, 0.1) is 0 Å². The second-order valence-electron chi connectivity index (χ2n) is 4.75. The average molecular weight is 235 g/mol. The molecule has 0 radical (unpaired) electrons. The number of pyridine rings is 1. The van der Waals surface area contributed by atoms with Crippen LogP contribution < -0.4 is 10.6 Å². The summed E-state index contributed by atoms with van der Waals surface area (Å²) in [5, 5.41) is 9.14. The Hall–Kier alpha value is -1.13. The van der Waals surface area contributed by atoms with Crippen LogP contribution >= 0.6 is 0 Å². The third-order valence-corrected chi connectivity index (χ3v) is 3.49. The van der Waals surface area contributed by atoms with Crippen molar-refractivity contribution in [3.05, 3.63) is 23.4 Å². The van der Waals surface area contributed by atoms with E-state index in [0.29, 0.717) is 19.1 Å². The van der Waals surface area contributed by atoms with Crippen LogP contribution in [0.25, 0.3) is 0 Å². The highest BCUT2D eigenvalue weighted by Crippen LogP contribution is 2.24. The van der Waals surface area contributed by atoms with E-state index in [0.717, 1.165) is 43.0 Å². The Balaban J connectivity index is 2.14. The van der Waals surface area contributed by atoms with Crippen LogP contribution in [0.5, 0.6) is 0 Å². The van der Waals surface area contributed by atoms with Crippen LogP contribution in [0.4, 0.5) is 5.82 Å². The van der Waals surface area contributed by atoms with Crippen LogP contribution in [-0.2, 0) is 6.54 Å². The monoisotopic (exact) mass is 235 g/mol. The summed E-state index contributed by atoms with van der Waals surface area (Å²) in [4.78, 5) is 6.89. The number of hydrogen-bond donors (Lipinski definition) is 2. The van der Waals surface area contributed by atoms with Crippen molar-refractivity contribution in [3.63, 3.8) is 0 Å². The van der Waals surface area contributed by atoms with Gasteiger partial charge < -0.3 is 15.7 Å². The lowest BCUT2D eigenvalue weighted by atomic mass is 9.97. The number of nitrogens with two attached hydrogens (primary N) is 1. The second kappa shape index (κ2) is 5.47. The smallest absolute Gasteiger partial charge is 0.133 e. The van der Waals surface area contributed by atoms with E-state index in [9.17, 15) is 0 Å². The zero-order valence-corrected chi connectivity index (χ0v) is 10.4. The summed E-state index contributed by atoms with van der Waals surface area (Å²) in [6, 6.07) is 4.07. The summed E-state index contributed by atoms with van der Waals surface area (Å²) in [6.45, 7) is 4.77. The van der Waals surface area contributed by atoms with Crippen molar-refractivity contribution in [2.24, 2.45) is 11.7 Å². The summed E-state index contributed by atoms with van der Waals surface area (Å²) in [7, 11) is 0. The number of aliphatic hydroxyl groups excluding tert-OH is 1. The van der Waals surface area contributed by atoms with E-state index < -0.39 is 0 Å². The number of rotatable bonds is 3. The molecule has 0 spiro atoms. The first-order valence-electron chi connectivity index (χ1n) is 6.27. The number of piperidine rings is 1. The average Bonchev–Trinajstić information content (AvgIpc) is 2.39. The van der Waals surface area contributed by atoms with Gasteiger partial charge in [0.15, 0.2) is 0 Å². The topological polar surface area (TPSA) is 62.4 Å². The van der Waals surface area contributed by atoms with E-state index in [-0.39, 0.29) is 0 Å². The predicted molar refractivity (Wildman–Crippen MR) is 68.9 cm³/mol. The fourth-order valence-electron chi connectivity index (χ4n) is 2.33. The summed E-state index contributed by atoms with van der Waals surface area (Å²) >= 11 is 0. The van der Waals surface area contributed by atoms with Gasteiger partial charge in [-0.1, -0.05) is 6.07 Å². The maximum Gasteiger partial charge on any atom is 0.133 e. The Labute approximate surface area is 102 Å². The van der Waals surface area contributed by atoms with Crippen LogP contribution in [-0.4, -0.2) is 29.8 Å².